The highest BCUT2D eigenvalue weighted by atomic mass is 35.5. The van der Waals surface area contributed by atoms with Crippen molar-refractivity contribution >= 4 is 12.4 Å². The lowest BCUT2D eigenvalue weighted by Gasteiger charge is -2.43. The van der Waals surface area contributed by atoms with Gasteiger partial charge in [0.25, 0.3) is 0 Å². The third-order valence-electron chi connectivity index (χ3n) is 2.45. The Balaban J connectivity index is 0.000000640. The topological polar surface area (TPSA) is 12.0 Å². The van der Waals surface area contributed by atoms with Crippen LogP contribution in [0, 0.1) is 11.3 Å². The van der Waals surface area contributed by atoms with Gasteiger partial charge in [0.15, 0.2) is 0 Å². The fourth-order valence-corrected chi connectivity index (χ4v) is 0.928. The highest BCUT2D eigenvalue weighted by molar-refractivity contribution is 5.85. The quantitative estimate of drug-likeness (QED) is 0.598. The Labute approximate surface area is 63.6 Å². The van der Waals surface area contributed by atoms with Crippen LogP contribution in [-0.4, -0.2) is 13.1 Å². The molecule has 1 aliphatic rings. The van der Waals surface area contributed by atoms with Crippen LogP contribution in [0.2, 0.25) is 0 Å². The fraction of sp³-hybridized carbons (Fsp3) is 1.00. The predicted octanol–water partition coefficient (Wildman–Crippen LogP) is 1.67. The third-order valence-corrected chi connectivity index (χ3v) is 2.45. The average Bonchev–Trinajstić information content (AvgIpc) is 1.60. The summed E-state index contributed by atoms with van der Waals surface area (Å²) in [5, 5.41) is 3.28. The van der Waals surface area contributed by atoms with E-state index in [4.69, 9.17) is 0 Å². The number of rotatable bonds is 1. The van der Waals surface area contributed by atoms with Gasteiger partial charge in [0.2, 0.25) is 0 Å². The summed E-state index contributed by atoms with van der Waals surface area (Å²) in [5.41, 5.74) is 0.611. The Kier molecular flexibility index (Phi) is 2.97. The minimum Gasteiger partial charge on any atom is -0.316 e. The molecule has 1 heterocycles. The van der Waals surface area contributed by atoms with Crippen molar-refractivity contribution < 1.29 is 0 Å². The minimum atomic E-state index is 0. The van der Waals surface area contributed by atoms with Gasteiger partial charge in [-0.2, -0.15) is 0 Å². The Hall–Kier alpha value is 0.250. The Morgan fingerprint density at radius 3 is 1.78 bits per heavy atom. The molecule has 0 atom stereocenters. The van der Waals surface area contributed by atoms with Gasteiger partial charge < -0.3 is 5.32 Å². The molecule has 0 aliphatic carbocycles. The van der Waals surface area contributed by atoms with E-state index in [0.29, 0.717) is 5.41 Å². The lowest BCUT2D eigenvalue weighted by atomic mass is 9.74. The molecule has 9 heavy (non-hydrogen) atoms. The van der Waals surface area contributed by atoms with E-state index in [1.807, 2.05) is 0 Å². The van der Waals surface area contributed by atoms with Crippen LogP contribution in [-0.2, 0) is 0 Å². The molecule has 0 bridgehead atoms. The number of nitrogens with one attached hydrogen (secondary N) is 1. The summed E-state index contributed by atoms with van der Waals surface area (Å²) in [7, 11) is 0. The van der Waals surface area contributed by atoms with E-state index in [0.717, 1.165) is 5.92 Å². The zero-order valence-electron chi connectivity index (χ0n) is 6.40. The van der Waals surface area contributed by atoms with Crippen LogP contribution < -0.4 is 5.32 Å². The summed E-state index contributed by atoms with van der Waals surface area (Å²) in [6.07, 6.45) is 0. The van der Waals surface area contributed by atoms with E-state index in [1.54, 1.807) is 0 Å². The van der Waals surface area contributed by atoms with E-state index in [9.17, 15) is 0 Å². The highest BCUT2D eigenvalue weighted by Gasteiger charge is 2.34. The van der Waals surface area contributed by atoms with Crippen molar-refractivity contribution in [3.8, 4) is 0 Å². The van der Waals surface area contributed by atoms with Crippen LogP contribution in [0.4, 0.5) is 0 Å². The normalized spacial score (nSPS) is 22.7. The molecule has 0 saturated carbocycles. The maximum absolute atomic E-state index is 3.28. The SMILES string of the molecule is CC(C)C1(C)CNC1.Cl. The van der Waals surface area contributed by atoms with Gasteiger partial charge in [0.05, 0.1) is 0 Å². The van der Waals surface area contributed by atoms with Crippen LogP contribution in [0.5, 0.6) is 0 Å². The molecule has 1 aliphatic heterocycles. The lowest BCUT2D eigenvalue weighted by Crippen LogP contribution is -2.54. The molecule has 1 fully saturated rings. The Bertz CT molecular complexity index is 86.9. The largest absolute Gasteiger partial charge is 0.316 e. The van der Waals surface area contributed by atoms with Crippen LogP contribution >= 0.6 is 12.4 Å². The van der Waals surface area contributed by atoms with E-state index >= 15 is 0 Å². The standard InChI is InChI=1S/C7H15N.ClH/c1-6(2)7(3)4-8-5-7;/h6,8H,4-5H2,1-3H3;1H. The Morgan fingerprint density at radius 1 is 1.33 bits per heavy atom. The molecule has 0 aromatic heterocycles. The second-order valence-corrected chi connectivity index (χ2v) is 3.41. The third kappa shape index (κ3) is 1.59. The first-order chi connectivity index (χ1) is 3.65. The molecule has 2 heteroatoms. The second-order valence-electron chi connectivity index (χ2n) is 3.41. The van der Waals surface area contributed by atoms with Crippen molar-refractivity contribution in [2.45, 2.75) is 20.8 Å². The first-order valence-electron chi connectivity index (χ1n) is 3.36. The smallest absolute Gasteiger partial charge is 0.00200 e. The summed E-state index contributed by atoms with van der Waals surface area (Å²) in [4.78, 5) is 0. The summed E-state index contributed by atoms with van der Waals surface area (Å²) >= 11 is 0. The van der Waals surface area contributed by atoms with Crippen LogP contribution in [0.1, 0.15) is 20.8 Å². The van der Waals surface area contributed by atoms with E-state index in [2.05, 4.69) is 26.1 Å². The molecule has 0 aromatic rings. The van der Waals surface area contributed by atoms with Crippen LogP contribution in [0.15, 0.2) is 0 Å². The highest BCUT2D eigenvalue weighted by Crippen LogP contribution is 2.30. The number of hydrogen-bond acceptors (Lipinski definition) is 1. The fourth-order valence-electron chi connectivity index (χ4n) is 0.928. The van der Waals surface area contributed by atoms with Crippen molar-refractivity contribution in [1.29, 1.82) is 0 Å². The molecule has 0 radical (unpaired) electrons. The maximum Gasteiger partial charge on any atom is 0.00200 e. The molecule has 1 nitrogen and oxygen atoms in total. The van der Waals surface area contributed by atoms with Gasteiger partial charge in [0.1, 0.15) is 0 Å². The van der Waals surface area contributed by atoms with Crippen molar-refractivity contribution in [3.63, 3.8) is 0 Å². The van der Waals surface area contributed by atoms with E-state index < -0.39 is 0 Å². The lowest BCUT2D eigenvalue weighted by molar-refractivity contribution is 0.125. The van der Waals surface area contributed by atoms with Crippen molar-refractivity contribution in [3.05, 3.63) is 0 Å². The zero-order chi connectivity index (χ0) is 6.20. The molecular weight excluding hydrogens is 134 g/mol. The molecule has 1 saturated heterocycles. The molecule has 0 unspecified atom stereocenters. The minimum absolute atomic E-state index is 0. The monoisotopic (exact) mass is 149 g/mol. The van der Waals surface area contributed by atoms with Crippen molar-refractivity contribution in [2.24, 2.45) is 11.3 Å². The number of hydrogen-bond donors (Lipinski definition) is 1. The molecule has 0 aromatic carbocycles. The first kappa shape index (κ1) is 9.25. The second kappa shape index (κ2) is 2.89. The molecule has 0 spiro atoms. The van der Waals surface area contributed by atoms with Gasteiger partial charge in [-0.3, -0.25) is 0 Å². The summed E-state index contributed by atoms with van der Waals surface area (Å²) in [6.45, 7) is 9.35. The summed E-state index contributed by atoms with van der Waals surface area (Å²) in [6, 6.07) is 0. The summed E-state index contributed by atoms with van der Waals surface area (Å²) in [5.74, 6) is 0.837. The van der Waals surface area contributed by atoms with Crippen LogP contribution in [0.25, 0.3) is 0 Å². The summed E-state index contributed by atoms with van der Waals surface area (Å²) < 4.78 is 0. The van der Waals surface area contributed by atoms with Gasteiger partial charge in [-0.15, -0.1) is 12.4 Å². The first-order valence-corrected chi connectivity index (χ1v) is 3.36. The van der Waals surface area contributed by atoms with Crippen molar-refractivity contribution in [1.82, 2.24) is 5.32 Å². The van der Waals surface area contributed by atoms with Gasteiger partial charge >= 0.3 is 0 Å². The number of halogens is 1. The zero-order valence-corrected chi connectivity index (χ0v) is 7.22. The van der Waals surface area contributed by atoms with Gasteiger partial charge in [-0.05, 0) is 11.3 Å². The van der Waals surface area contributed by atoms with Crippen LogP contribution in [0.3, 0.4) is 0 Å². The van der Waals surface area contributed by atoms with Gasteiger partial charge in [0, 0.05) is 13.1 Å². The molecular formula is C7H16ClN. The van der Waals surface area contributed by atoms with E-state index in [1.165, 1.54) is 13.1 Å². The van der Waals surface area contributed by atoms with Gasteiger partial charge in [-0.25, -0.2) is 0 Å². The Morgan fingerprint density at radius 2 is 1.78 bits per heavy atom. The van der Waals surface area contributed by atoms with Crippen molar-refractivity contribution in [2.75, 3.05) is 13.1 Å². The molecule has 1 rings (SSSR count). The maximum atomic E-state index is 3.28. The molecule has 0 amide bonds. The van der Waals surface area contributed by atoms with E-state index in [-0.39, 0.29) is 12.4 Å². The predicted molar refractivity (Wildman–Crippen MR) is 43.1 cm³/mol. The average molecular weight is 150 g/mol. The molecule has 56 valence electrons. The van der Waals surface area contributed by atoms with Gasteiger partial charge in [-0.1, -0.05) is 20.8 Å². The molecule has 1 N–H and O–H groups in total.